The zero-order chi connectivity index (χ0) is 12.1. The van der Waals surface area contributed by atoms with Gasteiger partial charge in [-0.3, -0.25) is 0 Å². The summed E-state index contributed by atoms with van der Waals surface area (Å²) in [5.41, 5.74) is 1.58. The Morgan fingerprint density at radius 1 is 1.00 bits per heavy atom. The van der Waals surface area contributed by atoms with E-state index in [-0.39, 0.29) is 0 Å². The monoisotopic (exact) mass is 247 g/mol. The molecule has 2 nitrogen and oxygen atoms in total. The van der Waals surface area contributed by atoms with Crippen LogP contribution < -0.4 is 0 Å². The molecule has 1 radical (unpaired) electrons. The number of hydrogen-bond acceptors (Lipinski definition) is 1. The van der Waals surface area contributed by atoms with Gasteiger partial charge in [0.2, 0.25) is 6.29 Å². The molecule has 17 heavy (non-hydrogen) atoms. The van der Waals surface area contributed by atoms with Crippen LogP contribution in [0.3, 0.4) is 0 Å². The standard InChI is InChI=1S/C14H12ClO2/c15-13-8-6-11(7-9-13)10-17-14(16)12-4-2-1-3-5-12/h1-9,14H,10H2. The Morgan fingerprint density at radius 3 is 2.29 bits per heavy atom. The topological polar surface area (TPSA) is 29.1 Å². The first-order chi connectivity index (χ1) is 8.25. The maximum atomic E-state index is 11.7. The molecule has 2 rings (SSSR count). The summed E-state index contributed by atoms with van der Waals surface area (Å²) < 4.78 is 5.26. The van der Waals surface area contributed by atoms with Crippen molar-refractivity contribution < 1.29 is 9.84 Å². The van der Waals surface area contributed by atoms with Gasteiger partial charge in [-0.2, -0.15) is 5.11 Å². The lowest BCUT2D eigenvalue weighted by atomic mass is 10.2. The van der Waals surface area contributed by atoms with Crippen LogP contribution in [0.4, 0.5) is 0 Å². The van der Waals surface area contributed by atoms with Crippen LogP contribution in [0, 0.1) is 0 Å². The van der Waals surface area contributed by atoms with E-state index in [0.717, 1.165) is 5.56 Å². The van der Waals surface area contributed by atoms with Gasteiger partial charge in [-0.25, -0.2) is 0 Å². The number of ether oxygens (including phenoxy) is 1. The first kappa shape index (κ1) is 12.1. The number of hydrogen-bond donors (Lipinski definition) is 0. The number of rotatable bonds is 4. The Kier molecular flexibility index (Phi) is 4.15. The van der Waals surface area contributed by atoms with Crippen LogP contribution in [0.25, 0.3) is 0 Å². The summed E-state index contributed by atoms with van der Waals surface area (Å²) in [6.07, 6.45) is -1.15. The molecule has 0 heterocycles. The summed E-state index contributed by atoms with van der Waals surface area (Å²) >= 11 is 5.77. The molecule has 0 fully saturated rings. The molecule has 2 aromatic carbocycles. The Balaban J connectivity index is 1.92. The van der Waals surface area contributed by atoms with Gasteiger partial charge in [0.15, 0.2) is 0 Å². The van der Waals surface area contributed by atoms with E-state index in [9.17, 15) is 5.11 Å². The molecule has 0 aliphatic rings. The van der Waals surface area contributed by atoms with Crippen LogP contribution in [-0.4, -0.2) is 0 Å². The van der Waals surface area contributed by atoms with Gasteiger partial charge in [0, 0.05) is 10.6 Å². The van der Waals surface area contributed by atoms with Gasteiger partial charge in [0.25, 0.3) is 0 Å². The molecule has 0 aliphatic heterocycles. The Morgan fingerprint density at radius 2 is 1.65 bits per heavy atom. The number of benzene rings is 2. The summed E-state index contributed by atoms with van der Waals surface area (Å²) in [5.74, 6) is 0. The first-order valence-corrected chi connectivity index (χ1v) is 5.70. The Bertz CT molecular complexity index is 453. The van der Waals surface area contributed by atoms with E-state index in [1.807, 2.05) is 30.3 Å². The van der Waals surface area contributed by atoms with Gasteiger partial charge in [-0.05, 0) is 17.7 Å². The lowest BCUT2D eigenvalue weighted by molar-refractivity contribution is -0.152. The quantitative estimate of drug-likeness (QED) is 0.751. The summed E-state index contributed by atoms with van der Waals surface area (Å²) in [6, 6.07) is 16.3. The van der Waals surface area contributed by atoms with E-state index >= 15 is 0 Å². The highest BCUT2D eigenvalue weighted by Gasteiger charge is 2.08. The highest BCUT2D eigenvalue weighted by molar-refractivity contribution is 6.30. The highest BCUT2D eigenvalue weighted by Crippen LogP contribution is 2.17. The van der Waals surface area contributed by atoms with Crippen molar-refractivity contribution in [2.75, 3.05) is 0 Å². The van der Waals surface area contributed by atoms with Crippen molar-refractivity contribution >= 4 is 11.6 Å². The van der Waals surface area contributed by atoms with Gasteiger partial charge in [0.1, 0.15) is 0 Å². The smallest absolute Gasteiger partial charge is 0.217 e. The molecule has 87 valence electrons. The van der Waals surface area contributed by atoms with E-state index in [1.54, 1.807) is 24.3 Å². The van der Waals surface area contributed by atoms with E-state index in [0.29, 0.717) is 17.2 Å². The second-order valence-corrected chi connectivity index (χ2v) is 4.12. The minimum Gasteiger partial charge on any atom is -0.341 e. The molecule has 1 atom stereocenters. The predicted octanol–water partition coefficient (Wildman–Crippen LogP) is 3.99. The van der Waals surface area contributed by atoms with Crippen LogP contribution in [0.5, 0.6) is 0 Å². The molecule has 0 N–H and O–H groups in total. The van der Waals surface area contributed by atoms with Crippen molar-refractivity contribution in [3.05, 3.63) is 70.7 Å². The summed E-state index contributed by atoms with van der Waals surface area (Å²) in [6.45, 7) is 0.292. The summed E-state index contributed by atoms with van der Waals surface area (Å²) in [7, 11) is 0. The van der Waals surface area contributed by atoms with Gasteiger partial charge in [0.05, 0.1) is 6.61 Å². The molecule has 0 amide bonds. The number of halogens is 1. The van der Waals surface area contributed by atoms with Crippen LogP contribution in [0.2, 0.25) is 5.02 Å². The molecule has 0 aromatic heterocycles. The first-order valence-electron chi connectivity index (χ1n) is 5.32. The van der Waals surface area contributed by atoms with E-state index in [1.165, 1.54) is 0 Å². The van der Waals surface area contributed by atoms with Crippen LogP contribution in [0.1, 0.15) is 17.4 Å². The molecule has 0 spiro atoms. The van der Waals surface area contributed by atoms with Gasteiger partial charge < -0.3 is 4.74 Å². The zero-order valence-electron chi connectivity index (χ0n) is 9.18. The SMILES string of the molecule is [O]C(OCc1ccc(Cl)cc1)c1ccccc1. The van der Waals surface area contributed by atoms with Gasteiger partial charge in [-0.15, -0.1) is 0 Å². The average molecular weight is 248 g/mol. The van der Waals surface area contributed by atoms with Crippen LogP contribution in [-0.2, 0) is 16.5 Å². The molecule has 2 aromatic rings. The van der Waals surface area contributed by atoms with E-state index in [4.69, 9.17) is 16.3 Å². The largest absolute Gasteiger partial charge is 0.341 e. The Hall–Kier alpha value is -1.35. The van der Waals surface area contributed by atoms with Gasteiger partial charge in [-0.1, -0.05) is 54.1 Å². The molecular weight excluding hydrogens is 236 g/mol. The van der Waals surface area contributed by atoms with Crippen molar-refractivity contribution in [3.8, 4) is 0 Å². The molecular formula is C14H12ClO2. The molecule has 0 bridgehead atoms. The fourth-order valence-corrected chi connectivity index (χ4v) is 1.58. The van der Waals surface area contributed by atoms with E-state index < -0.39 is 6.29 Å². The lowest BCUT2D eigenvalue weighted by Gasteiger charge is -2.10. The normalized spacial score (nSPS) is 12.4. The third-order valence-electron chi connectivity index (χ3n) is 2.39. The summed E-state index contributed by atoms with van der Waals surface area (Å²) in [5, 5.41) is 12.4. The second kappa shape index (κ2) is 5.82. The second-order valence-electron chi connectivity index (χ2n) is 3.68. The summed E-state index contributed by atoms with van der Waals surface area (Å²) in [4.78, 5) is 0. The van der Waals surface area contributed by atoms with Crippen molar-refractivity contribution in [1.82, 2.24) is 0 Å². The molecule has 0 saturated heterocycles. The van der Waals surface area contributed by atoms with Crippen molar-refractivity contribution in [2.45, 2.75) is 12.9 Å². The van der Waals surface area contributed by atoms with Crippen molar-refractivity contribution in [2.24, 2.45) is 0 Å². The average Bonchev–Trinajstić information content (AvgIpc) is 2.39. The maximum absolute atomic E-state index is 11.7. The lowest BCUT2D eigenvalue weighted by Crippen LogP contribution is -2.01. The van der Waals surface area contributed by atoms with Crippen LogP contribution in [0.15, 0.2) is 54.6 Å². The third-order valence-corrected chi connectivity index (χ3v) is 2.64. The molecule has 0 saturated carbocycles. The minimum atomic E-state index is -1.15. The fraction of sp³-hybridized carbons (Fsp3) is 0.143. The highest BCUT2D eigenvalue weighted by atomic mass is 35.5. The molecule has 0 aliphatic carbocycles. The minimum absolute atomic E-state index is 0.292. The maximum Gasteiger partial charge on any atom is 0.217 e. The van der Waals surface area contributed by atoms with Gasteiger partial charge >= 0.3 is 0 Å². The molecule has 3 heteroatoms. The fourth-order valence-electron chi connectivity index (χ4n) is 1.46. The predicted molar refractivity (Wildman–Crippen MR) is 66.1 cm³/mol. The van der Waals surface area contributed by atoms with Crippen molar-refractivity contribution in [3.63, 3.8) is 0 Å². The van der Waals surface area contributed by atoms with Crippen molar-refractivity contribution in [1.29, 1.82) is 0 Å². The molecule has 1 unspecified atom stereocenters. The third kappa shape index (κ3) is 3.56. The Labute approximate surface area is 105 Å². The van der Waals surface area contributed by atoms with Crippen LogP contribution >= 0.6 is 11.6 Å². The zero-order valence-corrected chi connectivity index (χ0v) is 9.93. The van der Waals surface area contributed by atoms with E-state index in [2.05, 4.69) is 0 Å².